The van der Waals surface area contributed by atoms with Gasteiger partial charge in [0.15, 0.2) is 5.65 Å². The molecule has 1 aliphatic heterocycles. The molecule has 174 valence electrons. The molecule has 1 fully saturated rings. The molecule has 0 saturated carbocycles. The first kappa shape index (κ1) is 22.4. The lowest BCUT2D eigenvalue weighted by atomic mass is 10.1. The number of hydrogen-bond donors (Lipinski definition) is 1. The smallest absolute Gasteiger partial charge is 0.289 e. The molecule has 0 unspecified atom stereocenters. The average Bonchev–Trinajstić information content (AvgIpc) is 3.45. The second kappa shape index (κ2) is 9.11. The number of aromatic nitrogens is 3. The molecule has 7 heteroatoms. The number of hydrogen-bond acceptors (Lipinski definition) is 4. The van der Waals surface area contributed by atoms with Crippen molar-refractivity contribution in [2.45, 2.75) is 40.2 Å². The third-order valence-corrected chi connectivity index (χ3v) is 6.95. The number of rotatable bonds is 5. The summed E-state index contributed by atoms with van der Waals surface area (Å²) in [5.74, 6) is 0.744. The van der Waals surface area contributed by atoms with Crippen LogP contribution in [0.1, 0.15) is 45.8 Å². The van der Waals surface area contributed by atoms with Gasteiger partial charge in [0.05, 0.1) is 5.39 Å². The molecular weight excluding hydrogens is 446 g/mol. The van der Waals surface area contributed by atoms with E-state index >= 15 is 0 Å². The largest absolute Gasteiger partial charge is 0.356 e. The van der Waals surface area contributed by atoms with E-state index in [1.54, 1.807) is 0 Å². The van der Waals surface area contributed by atoms with E-state index in [4.69, 9.17) is 21.6 Å². The summed E-state index contributed by atoms with van der Waals surface area (Å²) in [5.41, 5.74) is 6.03. The van der Waals surface area contributed by atoms with E-state index in [1.807, 2.05) is 55.5 Å². The van der Waals surface area contributed by atoms with E-state index in [9.17, 15) is 4.79 Å². The molecule has 2 aromatic carbocycles. The molecular formula is C27H28ClN5O. The van der Waals surface area contributed by atoms with Crippen LogP contribution in [-0.4, -0.2) is 33.5 Å². The molecule has 0 atom stereocenters. The Morgan fingerprint density at radius 3 is 2.53 bits per heavy atom. The van der Waals surface area contributed by atoms with Crippen LogP contribution in [-0.2, 0) is 6.54 Å². The zero-order valence-corrected chi connectivity index (χ0v) is 20.5. The number of benzene rings is 2. The summed E-state index contributed by atoms with van der Waals surface area (Å²) in [4.78, 5) is 25.1. The van der Waals surface area contributed by atoms with Crippen LogP contribution >= 0.6 is 11.6 Å². The van der Waals surface area contributed by atoms with Gasteiger partial charge in [0, 0.05) is 36.0 Å². The van der Waals surface area contributed by atoms with E-state index in [0.717, 1.165) is 70.9 Å². The van der Waals surface area contributed by atoms with Gasteiger partial charge in [-0.2, -0.15) is 0 Å². The number of carbonyl (C=O) groups excluding carboxylic acids is 1. The van der Waals surface area contributed by atoms with Gasteiger partial charge in [0.1, 0.15) is 5.82 Å². The Bertz CT molecular complexity index is 1390. The van der Waals surface area contributed by atoms with Crippen LogP contribution in [0.4, 0.5) is 5.82 Å². The van der Waals surface area contributed by atoms with Crippen LogP contribution < -0.4 is 10.2 Å². The van der Waals surface area contributed by atoms with Crippen LogP contribution in [0, 0.1) is 20.8 Å². The monoisotopic (exact) mass is 473 g/mol. The maximum absolute atomic E-state index is 13.2. The van der Waals surface area contributed by atoms with Gasteiger partial charge >= 0.3 is 0 Å². The number of amides is 1. The molecule has 4 aromatic rings. The number of nitrogens with one attached hydrogen (secondary N) is 1. The van der Waals surface area contributed by atoms with E-state index in [0.29, 0.717) is 11.6 Å². The third-order valence-electron chi connectivity index (χ3n) is 6.71. The molecule has 1 N–H and O–H groups in total. The lowest BCUT2D eigenvalue weighted by Gasteiger charge is -2.19. The minimum Gasteiger partial charge on any atom is -0.356 e. The Kier molecular flexibility index (Phi) is 6.00. The molecule has 0 aliphatic carbocycles. The topological polar surface area (TPSA) is 63.1 Å². The second-order valence-corrected chi connectivity index (χ2v) is 9.33. The molecule has 34 heavy (non-hydrogen) atoms. The van der Waals surface area contributed by atoms with Crippen molar-refractivity contribution in [3.63, 3.8) is 0 Å². The number of carbonyl (C=O) groups is 1. The Balaban J connectivity index is 1.63. The van der Waals surface area contributed by atoms with E-state index < -0.39 is 0 Å². The quantitative estimate of drug-likeness (QED) is 0.414. The predicted molar refractivity (Wildman–Crippen MR) is 137 cm³/mol. The Morgan fingerprint density at radius 1 is 1.03 bits per heavy atom. The number of anilines is 1. The molecule has 1 amide bonds. The van der Waals surface area contributed by atoms with Gasteiger partial charge in [-0.25, -0.2) is 9.97 Å². The average molecular weight is 474 g/mol. The highest BCUT2D eigenvalue weighted by atomic mass is 35.5. The lowest BCUT2D eigenvalue weighted by molar-refractivity contribution is 0.0941. The van der Waals surface area contributed by atoms with Gasteiger partial charge in [-0.3, -0.25) is 9.36 Å². The van der Waals surface area contributed by atoms with Gasteiger partial charge < -0.3 is 10.2 Å². The standard InChI is InChI=1S/C27H28ClN5O/c1-17-9-4-5-10-20(17)16-29-27(34)24-30-25(32-13-6-7-14-32)23-18(2)19(3)33(26(23)31-24)22-12-8-11-21(28)15-22/h4-5,8-12,15H,6-7,13-14,16H2,1-3H3,(H,29,34). The van der Waals surface area contributed by atoms with Gasteiger partial charge in [0.2, 0.25) is 5.82 Å². The van der Waals surface area contributed by atoms with Crippen molar-refractivity contribution in [1.29, 1.82) is 0 Å². The van der Waals surface area contributed by atoms with Crippen molar-refractivity contribution >= 4 is 34.4 Å². The highest BCUT2D eigenvalue weighted by Crippen LogP contribution is 2.35. The van der Waals surface area contributed by atoms with Gasteiger partial charge in [-0.15, -0.1) is 0 Å². The number of fused-ring (bicyclic) bond motifs is 1. The van der Waals surface area contributed by atoms with Crippen molar-refractivity contribution < 1.29 is 4.79 Å². The van der Waals surface area contributed by atoms with Crippen molar-refractivity contribution in [3.05, 3.63) is 81.8 Å². The van der Waals surface area contributed by atoms with Crippen LogP contribution in [0.15, 0.2) is 48.5 Å². The van der Waals surface area contributed by atoms with Gasteiger partial charge in [-0.1, -0.05) is 41.9 Å². The summed E-state index contributed by atoms with van der Waals surface area (Å²) in [5, 5.41) is 4.66. The SMILES string of the molecule is Cc1ccccc1CNC(=O)c1nc(N2CCCC2)c2c(C)c(C)n(-c3cccc(Cl)c3)c2n1. The molecule has 1 saturated heterocycles. The van der Waals surface area contributed by atoms with Crippen LogP contribution in [0.5, 0.6) is 0 Å². The van der Waals surface area contributed by atoms with Gasteiger partial charge in [-0.05, 0) is 68.5 Å². The summed E-state index contributed by atoms with van der Waals surface area (Å²) in [7, 11) is 0. The fourth-order valence-corrected chi connectivity index (χ4v) is 4.88. The molecule has 5 rings (SSSR count). The third kappa shape index (κ3) is 4.03. The normalized spacial score (nSPS) is 13.6. The minimum absolute atomic E-state index is 0.184. The maximum atomic E-state index is 13.2. The molecule has 1 aliphatic rings. The number of halogens is 1. The summed E-state index contributed by atoms with van der Waals surface area (Å²) in [6.07, 6.45) is 2.24. The van der Waals surface area contributed by atoms with Crippen LogP contribution in [0.2, 0.25) is 5.02 Å². The molecule has 3 heterocycles. The first-order valence-corrected chi connectivity index (χ1v) is 12.0. The highest BCUT2D eigenvalue weighted by Gasteiger charge is 2.26. The molecule has 0 spiro atoms. The zero-order valence-electron chi connectivity index (χ0n) is 19.7. The van der Waals surface area contributed by atoms with Crippen molar-refractivity contribution in [2.75, 3.05) is 18.0 Å². The Labute approximate surface area is 204 Å². The van der Waals surface area contributed by atoms with E-state index in [2.05, 4.69) is 28.6 Å². The number of nitrogens with zero attached hydrogens (tertiary/aromatic N) is 4. The fourth-order valence-electron chi connectivity index (χ4n) is 4.70. The zero-order chi connectivity index (χ0) is 23.8. The first-order chi connectivity index (χ1) is 16.4. The van der Waals surface area contributed by atoms with Gasteiger partial charge in [0.25, 0.3) is 5.91 Å². The van der Waals surface area contributed by atoms with Crippen molar-refractivity contribution in [3.8, 4) is 5.69 Å². The van der Waals surface area contributed by atoms with Crippen LogP contribution in [0.3, 0.4) is 0 Å². The Hall–Kier alpha value is -3.38. The molecule has 2 aromatic heterocycles. The maximum Gasteiger partial charge on any atom is 0.289 e. The van der Waals surface area contributed by atoms with Crippen molar-refractivity contribution in [1.82, 2.24) is 19.9 Å². The molecule has 0 bridgehead atoms. The summed E-state index contributed by atoms with van der Waals surface area (Å²) in [6.45, 7) is 8.50. The van der Waals surface area contributed by atoms with E-state index in [-0.39, 0.29) is 11.7 Å². The first-order valence-electron chi connectivity index (χ1n) is 11.7. The Morgan fingerprint density at radius 2 is 1.79 bits per heavy atom. The second-order valence-electron chi connectivity index (χ2n) is 8.90. The summed E-state index contributed by atoms with van der Waals surface area (Å²) < 4.78 is 2.08. The predicted octanol–water partition coefficient (Wildman–Crippen LogP) is 5.53. The minimum atomic E-state index is -0.278. The molecule has 0 radical (unpaired) electrons. The fraction of sp³-hybridized carbons (Fsp3) is 0.296. The summed E-state index contributed by atoms with van der Waals surface area (Å²) in [6, 6.07) is 15.7. The highest BCUT2D eigenvalue weighted by molar-refractivity contribution is 6.30. The number of aryl methyl sites for hydroxylation is 2. The van der Waals surface area contributed by atoms with E-state index in [1.165, 1.54) is 0 Å². The van der Waals surface area contributed by atoms with Crippen LogP contribution in [0.25, 0.3) is 16.7 Å². The molecule has 6 nitrogen and oxygen atoms in total. The van der Waals surface area contributed by atoms with Crippen molar-refractivity contribution in [2.24, 2.45) is 0 Å². The summed E-state index contributed by atoms with van der Waals surface area (Å²) >= 11 is 6.32. The lowest BCUT2D eigenvalue weighted by Crippen LogP contribution is -2.27.